The Bertz CT molecular complexity index is 592. The second-order valence-corrected chi connectivity index (χ2v) is 5.06. The molecule has 0 radical (unpaired) electrons. The van der Waals surface area contributed by atoms with Crippen molar-refractivity contribution in [2.45, 2.75) is 25.5 Å². The summed E-state index contributed by atoms with van der Waals surface area (Å²) in [7, 11) is 0. The van der Waals surface area contributed by atoms with Gasteiger partial charge in [0, 0.05) is 25.9 Å². The minimum atomic E-state index is -0.198. The predicted octanol–water partition coefficient (Wildman–Crippen LogP) is 0.640. The third kappa shape index (κ3) is 3.79. The molecule has 1 saturated heterocycles. The van der Waals surface area contributed by atoms with Gasteiger partial charge in [0.05, 0.1) is 6.10 Å². The van der Waals surface area contributed by atoms with Crippen LogP contribution < -0.4 is 10.6 Å². The lowest BCUT2D eigenvalue weighted by Gasteiger charge is -2.11. The van der Waals surface area contributed by atoms with E-state index in [1.807, 2.05) is 12.1 Å². The van der Waals surface area contributed by atoms with Crippen molar-refractivity contribution in [3.63, 3.8) is 0 Å². The molecule has 0 spiro atoms. The van der Waals surface area contributed by atoms with E-state index in [4.69, 9.17) is 4.74 Å². The molecule has 2 amide bonds. The first-order chi connectivity index (χ1) is 10.8. The molecular formula is C14H18N6O2. The van der Waals surface area contributed by atoms with Crippen LogP contribution >= 0.6 is 0 Å². The van der Waals surface area contributed by atoms with Crippen LogP contribution in [-0.2, 0) is 11.3 Å². The number of carbonyl (C=O) groups is 1. The number of pyridine rings is 1. The fraction of sp³-hybridized carbons (Fsp3) is 0.429. The van der Waals surface area contributed by atoms with Crippen molar-refractivity contribution in [2.24, 2.45) is 0 Å². The quantitative estimate of drug-likeness (QED) is 0.845. The average Bonchev–Trinajstić information content (AvgIpc) is 3.24. The molecule has 1 aliphatic rings. The van der Waals surface area contributed by atoms with Gasteiger partial charge in [-0.25, -0.2) is 19.4 Å². The molecule has 3 heterocycles. The average molecular weight is 302 g/mol. The maximum atomic E-state index is 11.7. The highest BCUT2D eigenvalue weighted by molar-refractivity contribution is 5.73. The van der Waals surface area contributed by atoms with E-state index in [2.05, 4.69) is 25.7 Å². The second kappa shape index (κ2) is 6.99. The molecule has 1 aliphatic heterocycles. The number of carbonyl (C=O) groups excluding carboxylic acids is 1. The Balaban J connectivity index is 1.43. The molecule has 2 aromatic heterocycles. The van der Waals surface area contributed by atoms with E-state index >= 15 is 0 Å². The van der Waals surface area contributed by atoms with Crippen molar-refractivity contribution in [3.05, 3.63) is 36.5 Å². The number of urea groups is 1. The molecule has 0 saturated carbocycles. The molecule has 0 unspecified atom stereocenters. The summed E-state index contributed by atoms with van der Waals surface area (Å²) >= 11 is 0. The Labute approximate surface area is 127 Å². The van der Waals surface area contributed by atoms with Crippen LogP contribution in [0.1, 0.15) is 18.4 Å². The Morgan fingerprint density at radius 3 is 3.05 bits per heavy atom. The highest BCUT2D eigenvalue weighted by atomic mass is 16.5. The minimum absolute atomic E-state index is 0.148. The first kappa shape index (κ1) is 14.5. The Kier molecular flexibility index (Phi) is 4.59. The van der Waals surface area contributed by atoms with Gasteiger partial charge in [0.15, 0.2) is 5.82 Å². The van der Waals surface area contributed by atoms with E-state index < -0.39 is 0 Å². The summed E-state index contributed by atoms with van der Waals surface area (Å²) < 4.78 is 7.02. The van der Waals surface area contributed by atoms with Gasteiger partial charge < -0.3 is 15.4 Å². The van der Waals surface area contributed by atoms with Crippen LogP contribution in [0.15, 0.2) is 31.0 Å². The molecular weight excluding hydrogens is 284 g/mol. The van der Waals surface area contributed by atoms with Crippen LogP contribution in [0.2, 0.25) is 0 Å². The van der Waals surface area contributed by atoms with Crippen LogP contribution in [0.5, 0.6) is 0 Å². The fourth-order valence-corrected chi connectivity index (χ4v) is 2.24. The maximum Gasteiger partial charge on any atom is 0.315 e. The lowest BCUT2D eigenvalue weighted by atomic mass is 10.2. The molecule has 116 valence electrons. The molecule has 2 N–H and O–H groups in total. The maximum absolute atomic E-state index is 11.7. The normalized spacial score (nSPS) is 17.4. The standard InChI is InChI=1S/C14H18N6O2/c21-14(18-8-12-2-1-5-22-12)17-7-11-3-4-13(16-6-11)20-10-15-9-19-20/h3-4,6,9-10,12H,1-2,5,7-8H2,(H2,17,18,21)/t12-/m1/s1. The number of hydrogen-bond donors (Lipinski definition) is 2. The van der Waals surface area contributed by atoms with E-state index in [1.165, 1.54) is 6.33 Å². The fourth-order valence-electron chi connectivity index (χ4n) is 2.24. The van der Waals surface area contributed by atoms with Gasteiger partial charge in [-0.2, -0.15) is 5.10 Å². The van der Waals surface area contributed by atoms with E-state index in [0.717, 1.165) is 25.0 Å². The van der Waals surface area contributed by atoms with Crippen molar-refractivity contribution >= 4 is 6.03 Å². The number of hydrogen-bond acceptors (Lipinski definition) is 5. The summed E-state index contributed by atoms with van der Waals surface area (Å²) in [5.74, 6) is 0.684. The Morgan fingerprint density at radius 2 is 2.36 bits per heavy atom. The summed E-state index contributed by atoms with van der Waals surface area (Å²) in [4.78, 5) is 19.9. The summed E-state index contributed by atoms with van der Waals surface area (Å²) in [5, 5.41) is 9.61. The Hall–Kier alpha value is -2.48. The molecule has 1 fully saturated rings. The SMILES string of the molecule is O=C(NCc1ccc(-n2cncn2)nc1)NC[C@H]1CCCO1. The number of ether oxygens (including phenoxy) is 1. The lowest BCUT2D eigenvalue weighted by Crippen LogP contribution is -2.39. The van der Waals surface area contributed by atoms with Gasteiger partial charge in [-0.1, -0.05) is 6.07 Å². The van der Waals surface area contributed by atoms with Gasteiger partial charge in [0.1, 0.15) is 12.7 Å². The molecule has 0 aliphatic carbocycles. The van der Waals surface area contributed by atoms with Crippen LogP contribution in [0.3, 0.4) is 0 Å². The van der Waals surface area contributed by atoms with Crippen molar-refractivity contribution in [1.82, 2.24) is 30.4 Å². The number of amides is 2. The zero-order valence-corrected chi connectivity index (χ0v) is 12.1. The third-order valence-electron chi connectivity index (χ3n) is 3.43. The van der Waals surface area contributed by atoms with Crippen LogP contribution in [0.4, 0.5) is 4.79 Å². The van der Waals surface area contributed by atoms with Gasteiger partial charge in [0.25, 0.3) is 0 Å². The second-order valence-electron chi connectivity index (χ2n) is 5.06. The van der Waals surface area contributed by atoms with Crippen molar-refractivity contribution < 1.29 is 9.53 Å². The van der Waals surface area contributed by atoms with Crippen molar-refractivity contribution in [3.8, 4) is 5.82 Å². The van der Waals surface area contributed by atoms with Gasteiger partial charge in [0.2, 0.25) is 0 Å². The largest absolute Gasteiger partial charge is 0.376 e. The summed E-state index contributed by atoms with van der Waals surface area (Å²) in [5.41, 5.74) is 0.913. The number of nitrogens with one attached hydrogen (secondary N) is 2. The molecule has 3 rings (SSSR count). The van der Waals surface area contributed by atoms with E-state index in [0.29, 0.717) is 18.9 Å². The highest BCUT2D eigenvalue weighted by Gasteiger charge is 2.15. The summed E-state index contributed by atoms with van der Waals surface area (Å²) in [6, 6.07) is 3.52. The first-order valence-electron chi connectivity index (χ1n) is 7.24. The van der Waals surface area contributed by atoms with Crippen molar-refractivity contribution in [2.75, 3.05) is 13.2 Å². The van der Waals surface area contributed by atoms with Gasteiger partial charge >= 0.3 is 6.03 Å². The zero-order chi connectivity index (χ0) is 15.2. The molecule has 8 nitrogen and oxygen atoms in total. The molecule has 1 atom stereocenters. The molecule has 0 aromatic carbocycles. The predicted molar refractivity (Wildman–Crippen MR) is 78.4 cm³/mol. The minimum Gasteiger partial charge on any atom is -0.376 e. The van der Waals surface area contributed by atoms with Gasteiger partial charge in [-0.05, 0) is 24.5 Å². The molecule has 0 bridgehead atoms. The van der Waals surface area contributed by atoms with Crippen LogP contribution in [0.25, 0.3) is 5.82 Å². The Morgan fingerprint density at radius 1 is 1.41 bits per heavy atom. The topological polar surface area (TPSA) is 94.0 Å². The molecule has 8 heteroatoms. The van der Waals surface area contributed by atoms with E-state index in [-0.39, 0.29) is 12.1 Å². The summed E-state index contributed by atoms with van der Waals surface area (Å²) in [6.45, 7) is 1.76. The van der Waals surface area contributed by atoms with Crippen LogP contribution in [-0.4, -0.2) is 45.0 Å². The molecule has 22 heavy (non-hydrogen) atoms. The number of nitrogens with zero attached hydrogens (tertiary/aromatic N) is 4. The highest BCUT2D eigenvalue weighted by Crippen LogP contribution is 2.10. The number of rotatable bonds is 5. The van der Waals surface area contributed by atoms with Crippen molar-refractivity contribution in [1.29, 1.82) is 0 Å². The van der Waals surface area contributed by atoms with Gasteiger partial charge in [-0.3, -0.25) is 0 Å². The lowest BCUT2D eigenvalue weighted by molar-refractivity contribution is 0.111. The zero-order valence-electron chi connectivity index (χ0n) is 12.1. The first-order valence-corrected chi connectivity index (χ1v) is 7.24. The smallest absolute Gasteiger partial charge is 0.315 e. The van der Waals surface area contributed by atoms with Crippen LogP contribution in [0, 0.1) is 0 Å². The van der Waals surface area contributed by atoms with Gasteiger partial charge in [-0.15, -0.1) is 0 Å². The molecule has 2 aromatic rings. The monoisotopic (exact) mass is 302 g/mol. The summed E-state index contributed by atoms with van der Waals surface area (Å²) in [6.07, 6.45) is 6.96. The number of aromatic nitrogens is 4. The third-order valence-corrected chi connectivity index (χ3v) is 3.43. The van der Waals surface area contributed by atoms with E-state index in [9.17, 15) is 4.79 Å². The van der Waals surface area contributed by atoms with E-state index in [1.54, 1.807) is 17.2 Å².